The molecule has 0 saturated carbocycles. The van der Waals surface area contributed by atoms with Crippen LogP contribution < -0.4 is 0 Å². The summed E-state index contributed by atoms with van der Waals surface area (Å²) in [5.41, 5.74) is -0.588. The number of aryl methyl sites for hydroxylation is 1. The minimum absolute atomic E-state index is 0.0867. The summed E-state index contributed by atoms with van der Waals surface area (Å²) in [7, 11) is 1.46. The van der Waals surface area contributed by atoms with Gasteiger partial charge in [-0.25, -0.2) is 0 Å². The molecular weight excluding hydrogens is 379 g/mol. The van der Waals surface area contributed by atoms with Gasteiger partial charge in [0.25, 0.3) is 5.91 Å². The van der Waals surface area contributed by atoms with Gasteiger partial charge in [-0.2, -0.15) is 18.3 Å². The average Bonchev–Trinajstić information content (AvgIpc) is 3.03. The Morgan fingerprint density at radius 1 is 1.25 bits per heavy atom. The number of hydrogen-bond donors (Lipinski definition) is 0. The van der Waals surface area contributed by atoms with Crippen LogP contribution in [0.1, 0.15) is 21.6 Å². The van der Waals surface area contributed by atoms with Gasteiger partial charge in [-0.3, -0.25) is 24.5 Å². The number of aromatic nitrogens is 2. The van der Waals surface area contributed by atoms with Gasteiger partial charge in [0.05, 0.1) is 10.5 Å². The molecule has 1 aromatic heterocycles. The Hall–Kier alpha value is -2.95. The molecule has 0 aliphatic carbocycles. The summed E-state index contributed by atoms with van der Waals surface area (Å²) in [5, 5.41) is 14.8. The molecule has 11 heteroatoms. The summed E-state index contributed by atoms with van der Waals surface area (Å²) >= 11 is 0. The van der Waals surface area contributed by atoms with Crippen LogP contribution in [0.15, 0.2) is 30.5 Å². The molecule has 2 heterocycles. The van der Waals surface area contributed by atoms with E-state index in [0.717, 1.165) is 18.3 Å². The number of nitro groups is 1. The Morgan fingerprint density at radius 2 is 1.93 bits per heavy atom. The van der Waals surface area contributed by atoms with Crippen molar-refractivity contribution in [1.82, 2.24) is 19.6 Å². The topological polar surface area (TPSA) is 84.5 Å². The largest absolute Gasteiger partial charge is 0.416 e. The molecule has 1 saturated heterocycles. The molecule has 0 spiro atoms. The maximum Gasteiger partial charge on any atom is 0.416 e. The van der Waals surface area contributed by atoms with E-state index in [9.17, 15) is 28.1 Å². The van der Waals surface area contributed by atoms with Gasteiger partial charge in [-0.15, -0.1) is 0 Å². The molecule has 1 aliphatic rings. The van der Waals surface area contributed by atoms with E-state index in [-0.39, 0.29) is 11.4 Å². The Labute approximate surface area is 158 Å². The first-order valence-corrected chi connectivity index (χ1v) is 8.51. The van der Waals surface area contributed by atoms with E-state index in [0.29, 0.717) is 38.3 Å². The predicted octanol–water partition coefficient (Wildman–Crippen LogP) is 2.31. The van der Waals surface area contributed by atoms with Gasteiger partial charge in [-0.05, 0) is 11.6 Å². The van der Waals surface area contributed by atoms with Crippen molar-refractivity contribution in [3.05, 3.63) is 57.4 Å². The van der Waals surface area contributed by atoms with Crippen LogP contribution in [0.5, 0.6) is 0 Å². The third-order valence-electron chi connectivity index (χ3n) is 4.64. The smallest absolute Gasteiger partial charge is 0.335 e. The van der Waals surface area contributed by atoms with Gasteiger partial charge >= 0.3 is 11.9 Å². The summed E-state index contributed by atoms with van der Waals surface area (Å²) < 4.78 is 39.7. The van der Waals surface area contributed by atoms with Crippen LogP contribution in [0.3, 0.4) is 0 Å². The maximum absolute atomic E-state index is 12.8. The number of rotatable bonds is 4. The van der Waals surface area contributed by atoms with Crippen molar-refractivity contribution in [2.75, 3.05) is 26.2 Å². The molecule has 0 atom stereocenters. The minimum Gasteiger partial charge on any atom is -0.335 e. The molecular formula is C17H18F3N5O3. The Morgan fingerprint density at radius 3 is 2.54 bits per heavy atom. The van der Waals surface area contributed by atoms with E-state index in [4.69, 9.17) is 0 Å². The van der Waals surface area contributed by atoms with E-state index >= 15 is 0 Å². The highest BCUT2D eigenvalue weighted by atomic mass is 19.4. The molecule has 3 rings (SSSR count). The minimum atomic E-state index is -4.39. The first-order chi connectivity index (χ1) is 13.2. The molecule has 2 aromatic rings. The van der Waals surface area contributed by atoms with Crippen molar-refractivity contribution in [2.45, 2.75) is 12.7 Å². The van der Waals surface area contributed by atoms with E-state index in [2.05, 4.69) is 5.10 Å². The second-order valence-electron chi connectivity index (χ2n) is 6.53. The highest BCUT2D eigenvalue weighted by molar-refractivity contribution is 5.96. The summed E-state index contributed by atoms with van der Waals surface area (Å²) in [4.78, 5) is 26.5. The highest BCUT2D eigenvalue weighted by Crippen LogP contribution is 2.30. The molecule has 0 bridgehead atoms. The molecule has 28 heavy (non-hydrogen) atoms. The fourth-order valence-electron chi connectivity index (χ4n) is 3.17. The Bertz CT molecular complexity index is 888. The zero-order valence-corrected chi connectivity index (χ0v) is 15.0. The first-order valence-electron chi connectivity index (χ1n) is 8.51. The zero-order chi connectivity index (χ0) is 20.5. The van der Waals surface area contributed by atoms with E-state index in [1.54, 1.807) is 6.07 Å². The highest BCUT2D eigenvalue weighted by Gasteiger charge is 2.32. The summed E-state index contributed by atoms with van der Waals surface area (Å²) in [6, 6.07) is 5.16. The summed E-state index contributed by atoms with van der Waals surface area (Å²) in [5.74, 6) is -0.481. The van der Waals surface area contributed by atoms with Crippen LogP contribution in [0.4, 0.5) is 18.9 Å². The van der Waals surface area contributed by atoms with Crippen molar-refractivity contribution >= 4 is 11.6 Å². The van der Waals surface area contributed by atoms with Crippen molar-refractivity contribution < 1.29 is 22.9 Å². The third kappa shape index (κ3) is 4.14. The van der Waals surface area contributed by atoms with E-state index in [1.165, 1.54) is 22.7 Å². The van der Waals surface area contributed by atoms with Crippen molar-refractivity contribution in [2.24, 2.45) is 7.05 Å². The quantitative estimate of drug-likeness (QED) is 0.584. The zero-order valence-electron chi connectivity index (χ0n) is 15.0. The molecule has 1 fully saturated rings. The predicted molar refractivity (Wildman–Crippen MR) is 92.5 cm³/mol. The summed E-state index contributed by atoms with van der Waals surface area (Å²) in [6.07, 6.45) is -3.35. The number of piperazine rings is 1. The lowest BCUT2D eigenvalue weighted by atomic mass is 10.1. The van der Waals surface area contributed by atoms with Gasteiger partial charge in [0.1, 0.15) is 6.20 Å². The average molecular weight is 397 g/mol. The maximum atomic E-state index is 12.8. The SMILES string of the molecule is Cn1ncc([N+](=O)[O-])c1C(=O)N1CCN(Cc2cccc(C(F)(F)F)c2)CC1. The van der Waals surface area contributed by atoms with E-state index < -0.39 is 22.6 Å². The standard InChI is InChI=1S/C17H18F3N5O3/c1-22-15(14(10-21-22)25(27)28)16(26)24-7-5-23(6-8-24)11-12-3-2-4-13(9-12)17(18,19)20/h2-4,9-10H,5-8,11H2,1H3. The molecule has 1 amide bonds. The molecule has 1 aliphatic heterocycles. The lowest BCUT2D eigenvalue weighted by Gasteiger charge is -2.34. The van der Waals surface area contributed by atoms with Gasteiger partial charge in [0, 0.05) is 39.8 Å². The van der Waals surface area contributed by atoms with Gasteiger partial charge in [0.2, 0.25) is 5.69 Å². The number of alkyl halides is 3. The lowest BCUT2D eigenvalue weighted by Crippen LogP contribution is -2.48. The molecule has 0 N–H and O–H groups in total. The van der Waals surface area contributed by atoms with Crippen molar-refractivity contribution in [3.63, 3.8) is 0 Å². The Balaban J connectivity index is 1.63. The van der Waals surface area contributed by atoms with Crippen LogP contribution in [-0.4, -0.2) is 56.6 Å². The van der Waals surface area contributed by atoms with Crippen LogP contribution in [0.2, 0.25) is 0 Å². The second kappa shape index (κ2) is 7.58. The van der Waals surface area contributed by atoms with Crippen LogP contribution in [0.25, 0.3) is 0 Å². The molecule has 0 unspecified atom stereocenters. The van der Waals surface area contributed by atoms with Crippen molar-refractivity contribution in [1.29, 1.82) is 0 Å². The summed E-state index contributed by atoms with van der Waals surface area (Å²) in [6.45, 7) is 1.87. The Kier molecular flexibility index (Phi) is 5.36. The van der Waals surface area contributed by atoms with Crippen molar-refractivity contribution in [3.8, 4) is 0 Å². The van der Waals surface area contributed by atoms with Gasteiger partial charge in [-0.1, -0.05) is 18.2 Å². The fraction of sp³-hybridized carbons (Fsp3) is 0.412. The molecule has 150 valence electrons. The molecule has 8 nitrogen and oxygen atoms in total. The van der Waals surface area contributed by atoms with Crippen LogP contribution >= 0.6 is 0 Å². The molecule has 0 radical (unpaired) electrons. The number of halogens is 3. The van der Waals surface area contributed by atoms with Gasteiger partial charge in [0.15, 0.2) is 0 Å². The van der Waals surface area contributed by atoms with E-state index in [1.807, 2.05) is 4.90 Å². The number of benzene rings is 1. The number of carbonyl (C=O) groups excluding carboxylic acids is 1. The molecule has 1 aromatic carbocycles. The van der Waals surface area contributed by atoms with Crippen LogP contribution in [-0.2, 0) is 19.8 Å². The number of carbonyl (C=O) groups is 1. The number of nitrogens with zero attached hydrogens (tertiary/aromatic N) is 5. The second-order valence-corrected chi connectivity index (χ2v) is 6.53. The fourth-order valence-corrected chi connectivity index (χ4v) is 3.17. The number of amides is 1. The monoisotopic (exact) mass is 397 g/mol. The first kappa shape index (κ1) is 19.8. The number of hydrogen-bond acceptors (Lipinski definition) is 5. The lowest BCUT2D eigenvalue weighted by molar-refractivity contribution is -0.385. The normalized spacial score (nSPS) is 15.6. The van der Waals surface area contributed by atoms with Gasteiger partial charge < -0.3 is 4.90 Å². The third-order valence-corrected chi connectivity index (χ3v) is 4.64. The van der Waals surface area contributed by atoms with Crippen LogP contribution in [0, 0.1) is 10.1 Å².